The van der Waals surface area contributed by atoms with Gasteiger partial charge in [-0.1, -0.05) is 5.92 Å². The van der Waals surface area contributed by atoms with Crippen molar-refractivity contribution in [3.8, 4) is 12.3 Å². The first kappa shape index (κ1) is 26.0. The summed E-state index contributed by atoms with van der Waals surface area (Å²) >= 11 is 0. The average Bonchev–Trinajstić information content (AvgIpc) is 3.31. The minimum atomic E-state index is -1.62. The van der Waals surface area contributed by atoms with Gasteiger partial charge in [0.1, 0.15) is 18.6 Å². The van der Waals surface area contributed by atoms with Crippen LogP contribution in [0.1, 0.15) is 19.8 Å². The standard InChI is InChI=1S/C22H22N2O10/c1-3-12-32-21(31)22(2,13-33-19(29)8-10-23-15(25)4-5-16(23)26)14-34-20(30)9-11-24-17(27)6-7-18(24)28/h1,4-7H,8-14H2,2H3. The average molecular weight is 474 g/mol. The van der Waals surface area contributed by atoms with E-state index in [2.05, 4.69) is 5.92 Å². The largest absolute Gasteiger partial charge is 0.464 e. The SMILES string of the molecule is C#CCOC(=O)C(C)(COC(=O)CCN1C(=O)C=CC1=O)COC(=O)CCN1C(=O)C=CC1=O. The Labute approximate surface area is 194 Å². The number of hydrogen-bond donors (Lipinski definition) is 0. The number of ether oxygens (including phenoxy) is 3. The van der Waals surface area contributed by atoms with E-state index in [1.165, 1.54) is 6.92 Å². The lowest BCUT2D eigenvalue weighted by Gasteiger charge is -2.26. The molecule has 0 saturated carbocycles. The Morgan fingerprint density at radius 2 is 1.18 bits per heavy atom. The predicted molar refractivity (Wildman–Crippen MR) is 111 cm³/mol. The molecule has 2 aliphatic rings. The van der Waals surface area contributed by atoms with Crippen molar-refractivity contribution in [2.75, 3.05) is 32.9 Å². The molecule has 0 atom stereocenters. The zero-order valence-electron chi connectivity index (χ0n) is 18.3. The number of nitrogens with zero attached hydrogens (tertiary/aromatic N) is 2. The van der Waals surface area contributed by atoms with E-state index in [9.17, 15) is 33.6 Å². The molecular formula is C22H22N2O10. The molecule has 0 fully saturated rings. The highest BCUT2D eigenvalue weighted by atomic mass is 16.6. The van der Waals surface area contributed by atoms with Gasteiger partial charge in [0.25, 0.3) is 23.6 Å². The third-order valence-corrected chi connectivity index (χ3v) is 4.76. The second-order valence-electron chi connectivity index (χ2n) is 7.49. The summed E-state index contributed by atoms with van der Waals surface area (Å²) in [7, 11) is 0. The smallest absolute Gasteiger partial charge is 0.319 e. The van der Waals surface area contributed by atoms with E-state index >= 15 is 0 Å². The summed E-state index contributed by atoms with van der Waals surface area (Å²) in [5, 5.41) is 0. The Bertz CT molecular complexity index is 906. The second-order valence-corrected chi connectivity index (χ2v) is 7.49. The number of hydrogen-bond acceptors (Lipinski definition) is 10. The molecule has 0 aromatic rings. The van der Waals surface area contributed by atoms with E-state index in [-0.39, 0.29) is 32.5 Å². The lowest BCUT2D eigenvalue weighted by Crippen LogP contribution is -2.41. The van der Waals surface area contributed by atoms with Crippen molar-refractivity contribution in [3.63, 3.8) is 0 Å². The van der Waals surface area contributed by atoms with Crippen LogP contribution in [0.3, 0.4) is 0 Å². The Morgan fingerprint density at radius 1 is 0.794 bits per heavy atom. The Kier molecular flexibility index (Phi) is 8.83. The molecule has 12 heteroatoms. The summed E-state index contributed by atoms with van der Waals surface area (Å²) in [5.41, 5.74) is -1.62. The van der Waals surface area contributed by atoms with Gasteiger partial charge in [0.15, 0.2) is 6.61 Å². The molecule has 0 aliphatic carbocycles. The number of esters is 3. The van der Waals surface area contributed by atoms with E-state index in [1.807, 2.05) is 0 Å². The van der Waals surface area contributed by atoms with Crippen LogP contribution >= 0.6 is 0 Å². The van der Waals surface area contributed by atoms with Crippen molar-refractivity contribution in [1.82, 2.24) is 9.80 Å². The molecule has 0 saturated heterocycles. The van der Waals surface area contributed by atoms with E-state index in [4.69, 9.17) is 20.6 Å². The summed E-state index contributed by atoms with van der Waals surface area (Å²) in [6, 6.07) is 0. The molecule has 180 valence electrons. The molecule has 0 aromatic heterocycles. The summed E-state index contributed by atoms with van der Waals surface area (Å²) in [6.07, 6.45) is 8.75. The maximum absolute atomic E-state index is 12.4. The van der Waals surface area contributed by atoms with Crippen LogP contribution in [0.4, 0.5) is 0 Å². The van der Waals surface area contributed by atoms with Crippen LogP contribution in [0, 0.1) is 17.8 Å². The third-order valence-electron chi connectivity index (χ3n) is 4.76. The minimum Gasteiger partial charge on any atom is -0.464 e. The Balaban J connectivity index is 1.88. The van der Waals surface area contributed by atoms with Gasteiger partial charge in [0, 0.05) is 37.4 Å². The van der Waals surface area contributed by atoms with Gasteiger partial charge in [-0.15, -0.1) is 6.42 Å². The Morgan fingerprint density at radius 3 is 1.53 bits per heavy atom. The first-order valence-electron chi connectivity index (χ1n) is 10.1. The topological polar surface area (TPSA) is 154 Å². The highest BCUT2D eigenvalue weighted by Crippen LogP contribution is 2.21. The van der Waals surface area contributed by atoms with Crippen LogP contribution < -0.4 is 0 Å². The summed E-state index contributed by atoms with van der Waals surface area (Å²) in [6.45, 7) is -0.555. The highest BCUT2D eigenvalue weighted by molar-refractivity contribution is 6.13. The summed E-state index contributed by atoms with van der Waals surface area (Å²) in [5.74, 6) is -2.63. The van der Waals surface area contributed by atoms with Crippen molar-refractivity contribution >= 4 is 41.5 Å². The molecule has 2 heterocycles. The maximum atomic E-state index is 12.4. The molecule has 0 aromatic carbocycles. The number of rotatable bonds is 12. The van der Waals surface area contributed by atoms with Gasteiger partial charge in [-0.25, -0.2) is 0 Å². The fourth-order valence-corrected chi connectivity index (χ4v) is 2.77. The molecule has 4 amide bonds. The number of imide groups is 2. The van der Waals surface area contributed by atoms with Crippen molar-refractivity contribution < 1.29 is 47.8 Å². The normalized spacial score (nSPS) is 15.1. The minimum absolute atomic E-state index is 0.209. The van der Waals surface area contributed by atoms with Gasteiger partial charge in [0.05, 0.1) is 12.8 Å². The molecule has 2 rings (SSSR count). The van der Waals surface area contributed by atoms with Crippen LogP contribution in [0.15, 0.2) is 24.3 Å². The lowest BCUT2D eigenvalue weighted by molar-refractivity contribution is -0.169. The Hall–Kier alpha value is -4.27. The zero-order chi connectivity index (χ0) is 25.3. The van der Waals surface area contributed by atoms with Crippen LogP contribution in [0.25, 0.3) is 0 Å². The van der Waals surface area contributed by atoms with Crippen LogP contribution in [0.5, 0.6) is 0 Å². The first-order valence-corrected chi connectivity index (χ1v) is 10.1. The molecule has 0 N–H and O–H groups in total. The third kappa shape index (κ3) is 6.86. The van der Waals surface area contributed by atoms with E-state index in [1.54, 1.807) is 0 Å². The predicted octanol–water partition coefficient (Wildman–Crippen LogP) is -1.11. The van der Waals surface area contributed by atoms with Crippen molar-refractivity contribution in [1.29, 1.82) is 0 Å². The molecule has 34 heavy (non-hydrogen) atoms. The van der Waals surface area contributed by atoms with Gasteiger partial charge < -0.3 is 14.2 Å². The van der Waals surface area contributed by atoms with E-state index < -0.39 is 60.2 Å². The first-order chi connectivity index (χ1) is 16.1. The number of amides is 4. The fourth-order valence-electron chi connectivity index (χ4n) is 2.77. The number of carbonyl (C=O) groups is 7. The van der Waals surface area contributed by atoms with Crippen molar-refractivity contribution in [3.05, 3.63) is 24.3 Å². The van der Waals surface area contributed by atoms with Gasteiger partial charge in [0.2, 0.25) is 0 Å². The van der Waals surface area contributed by atoms with Gasteiger partial charge >= 0.3 is 17.9 Å². The number of carbonyl (C=O) groups excluding carboxylic acids is 7. The monoisotopic (exact) mass is 474 g/mol. The van der Waals surface area contributed by atoms with Gasteiger partial charge in [-0.05, 0) is 6.92 Å². The molecule has 12 nitrogen and oxygen atoms in total. The molecule has 0 spiro atoms. The lowest BCUT2D eigenvalue weighted by atomic mass is 9.93. The quantitative estimate of drug-likeness (QED) is 0.147. The van der Waals surface area contributed by atoms with Crippen LogP contribution in [0.2, 0.25) is 0 Å². The molecule has 0 radical (unpaired) electrons. The molecule has 0 unspecified atom stereocenters. The summed E-state index contributed by atoms with van der Waals surface area (Å²) < 4.78 is 15.1. The van der Waals surface area contributed by atoms with Gasteiger partial charge in [-0.2, -0.15) is 0 Å². The van der Waals surface area contributed by atoms with E-state index in [0.717, 1.165) is 34.1 Å². The second kappa shape index (κ2) is 11.6. The maximum Gasteiger partial charge on any atom is 0.319 e. The molecular weight excluding hydrogens is 452 g/mol. The van der Waals surface area contributed by atoms with Crippen molar-refractivity contribution in [2.24, 2.45) is 5.41 Å². The summed E-state index contributed by atoms with van der Waals surface area (Å²) in [4.78, 5) is 84.4. The molecule has 0 bridgehead atoms. The highest BCUT2D eigenvalue weighted by Gasteiger charge is 2.39. The fraction of sp³-hybridized carbons (Fsp3) is 0.409. The van der Waals surface area contributed by atoms with Crippen LogP contribution in [-0.2, 0) is 47.8 Å². The van der Waals surface area contributed by atoms with Gasteiger partial charge in [-0.3, -0.25) is 43.4 Å². The number of terminal acetylenes is 1. The zero-order valence-corrected chi connectivity index (χ0v) is 18.3. The van der Waals surface area contributed by atoms with Crippen molar-refractivity contribution in [2.45, 2.75) is 19.8 Å². The van der Waals surface area contributed by atoms with E-state index in [0.29, 0.717) is 0 Å². The van der Waals surface area contributed by atoms with Crippen LogP contribution in [-0.4, -0.2) is 84.2 Å². The molecule has 2 aliphatic heterocycles.